The first-order chi connectivity index (χ1) is 13.8. The summed E-state index contributed by atoms with van der Waals surface area (Å²) in [5.41, 5.74) is 3.45. The number of fused-ring (bicyclic) bond motifs is 1. The molecule has 0 unspecified atom stereocenters. The Morgan fingerprint density at radius 1 is 0.828 bits per heavy atom. The van der Waals surface area contributed by atoms with Gasteiger partial charge in [-0.05, 0) is 43.7 Å². The van der Waals surface area contributed by atoms with Crippen LogP contribution in [0.4, 0.5) is 5.69 Å². The third-order valence-electron chi connectivity index (χ3n) is 4.80. The van der Waals surface area contributed by atoms with Gasteiger partial charge < -0.3 is 4.98 Å². The second-order valence-electron chi connectivity index (χ2n) is 7.04. The third kappa shape index (κ3) is 3.67. The molecule has 5 nitrogen and oxygen atoms in total. The smallest absolute Gasteiger partial charge is 0.273 e. The molecule has 0 aliphatic rings. The molecule has 1 aromatic heterocycles. The summed E-state index contributed by atoms with van der Waals surface area (Å²) in [5, 5.41) is 0.775. The zero-order valence-electron chi connectivity index (χ0n) is 16.1. The Balaban J connectivity index is 1.98. The van der Waals surface area contributed by atoms with Gasteiger partial charge in [-0.3, -0.25) is 9.52 Å². The van der Waals surface area contributed by atoms with Crippen molar-refractivity contribution < 1.29 is 8.42 Å². The van der Waals surface area contributed by atoms with Crippen molar-refractivity contribution in [3.63, 3.8) is 0 Å². The van der Waals surface area contributed by atoms with Crippen molar-refractivity contribution >= 4 is 26.6 Å². The second kappa shape index (κ2) is 7.22. The van der Waals surface area contributed by atoms with Gasteiger partial charge in [0.15, 0.2) is 0 Å². The van der Waals surface area contributed by atoms with Crippen LogP contribution in [0.1, 0.15) is 11.1 Å². The minimum absolute atomic E-state index is 0.00914. The molecule has 0 saturated heterocycles. The zero-order chi connectivity index (χ0) is 20.6. The van der Waals surface area contributed by atoms with Crippen molar-refractivity contribution in [1.82, 2.24) is 4.98 Å². The number of rotatable bonds is 4. The first kappa shape index (κ1) is 19.0. The van der Waals surface area contributed by atoms with Gasteiger partial charge in [-0.1, -0.05) is 59.7 Å². The third-order valence-corrected chi connectivity index (χ3v) is 6.17. The van der Waals surface area contributed by atoms with Gasteiger partial charge in [-0.25, -0.2) is 8.42 Å². The predicted octanol–water partition coefficient (Wildman–Crippen LogP) is 4.61. The molecule has 1 heterocycles. The van der Waals surface area contributed by atoms with Gasteiger partial charge in [0.1, 0.15) is 5.69 Å². The quantitative estimate of drug-likeness (QED) is 0.521. The number of sulfonamides is 1. The maximum absolute atomic E-state index is 13.0. The minimum Gasteiger partial charge on any atom is -0.320 e. The fourth-order valence-corrected chi connectivity index (χ4v) is 4.40. The molecule has 0 bridgehead atoms. The van der Waals surface area contributed by atoms with Gasteiger partial charge in [0.2, 0.25) is 0 Å². The van der Waals surface area contributed by atoms with Crippen molar-refractivity contribution in [2.75, 3.05) is 4.72 Å². The Bertz CT molecular complexity index is 1360. The van der Waals surface area contributed by atoms with Crippen molar-refractivity contribution in [2.24, 2.45) is 0 Å². The number of aromatic nitrogens is 1. The highest BCUT2D eigenvalue weighted by Gasteiger charge is 2.21. The van der Waals surface area contributed by atoms with Gasteiger partial charge in [0.25, 0.3) is 15.6 Å². The van der Waals surface area contributed by atoms with Gasteiger partial charge in [-0.2, -0.15) is 0 Å². The summed E-state index contributed by atoms with van der Waals surface area (Å²) in [5.74, 6) is 0. The van der Waals surface area contributed by atoms with Crippen LogP contribution in [0, 0.1) is 13.8 Å². The molecule has 0 radical (unpaired) electrons. The monoisotopic (exact) mass is 404 g/mol. The summed E-state index contributed by atoms with van der Waals surface area (Å²) in [6.07, 6.45) is 0. The minimum atomic E-state index is -3.93. The molecule has 0 aliphatic carbocycles. The molecule has 146 valence electrons. The van der Waals surface area contributed by atoms with E-state index in [0.717, 1.165) is 22.1 Å². The molecule has 29 heavy (non-hydrogen) atoms. The van der Waals surface area contributed by atoms with Crippen molar-refractivity contribution in [1.29, 1.82) is 0 Å². The molecule has 2 N–H and O–H groups in total. The van der Waals surface area contributed by atoms with Crippen molar-refractivity contribution in [3.05, 3.63) is 94.3 Å². The average Bonchev–Trinajstić information content (AvgIpc) is 2.70. The fraction of sp³-hybridized carbons (Fsp3) is 0.0870. The number of anilines is 1. The van der Waals surface area contributed by atoms with Crippen LogP contribution in [-0.2, 0) is 10.0 Å². The van der Waals surface area contributed by atoms with Crippen LogP contribution in [0.3, 0.4) is 0 Å². The summed E-state index contributed by atoms with van der Waals surface area (Å²) < 4.78 is 28.5. The Kier molecular flexibility index (Phi) is 4.72. The number of aromatic amines is 1. The van der Waals surface area contributed by atoms with Crippen molar-refractivity contribution in [3.8, 4) is 11.1 Å². The normalized spacial score (nSPS) is 11.5. The topological polar surface area (TPSA) is 79.0 Å². The molecule has 0 fully saturated rings. The summed E-state index contributed by atoms with van der Waals surface area (Å²) in [4.78, 5) is 15.8. The lowest BCUT2D eigenvalue weighted by atomic mass is 9.98. The van der Waals surface area contributed by atoms with E-state index in [1.165, 1.54) is 12.1 Å². The van der Waals surface area contributed by atoms with E-state index in [0.29, 0.717) is 11.1 Å². The number of hydrogen-bond acceptors (Lipinski definition) is 3. The molecule has 0 atom stereocenters. The molecule has 6 heteroatoms. The van der Waals surface area contributed by atoms with Crippen LogP contribution in [0.15, 0.2) is 82.5 Å². The number of benzene rings is 3. The Labute approximate surface area is 169 Å². The Hall–Kier alpha value is -3.38. The van der Waals surface area contributed by atoms with E-state index in [4.69, 9.17) is 0 Å². The highest BCUT2D eigenvalue weighted by Crippen LogP contribution is 2.33. The number of hydrogen-bond donors (Lipinski definition) is 2. The van der Waals surface area contributed by atoms with E-state index in [2.05, 4.69) is 9.71 Å². The standard InChI is InChI=1S/C23H20N2O3S/c1-15-8-11-18(12-9-15)29(27,28)25-22-21(17-6-4-3-5-7-17)19-14-16(2)10-13-20(19)24-23(22)26/h3-14,25H,1-2H3,(H,24,26). The number of H-pyrrole nitrogens is 1. The summed E-state index contributed by atoms with van der Waals surface area (Å²) in [6, 6.07) is 21.5. The molecule has 0 saturated carbocycles. The average molecular weight is 404 g/mol. The van der Waals surface area contributed by atoms with E-state index in [9.17, 15) is 13.2 Å². The van der Waals surface area contributed by atoms with Crippen LogP contribution in [-0.4, -0.2) is 13.4 Å². The van der Waals surface area contributed by atoms with E-state index >= 15 is 0 Å². The lowest BCUT2D eigenvalue weighted by Gasteiger charge is -2.15. The number of pyridine rings is 1. The maximum atomic E-state index is 13.0. The largest absolute Gasteiger partial charge is 0.320 e. The summed E-state index contributed by atoms with van der Waals surface area (Å²) >= 11 is 0. The maximum Gasteiger partial charge on any atom is 0.273 e. The molecule has 3 aromatic carbocycles. The molecule has 0 aliphatic heterocycles. The highest BCUT2D eigenvalue weighted by molar-refractivity contribution is 7.92. The number of nitrogens with one attached hydrogen (secondary N) is 2. The predicted molar refractivity (Wildman–Crippen MR) is 117 cm³/mol. The van der Waals surface area contributed by atoms with Crippen LogP contribution in [0.25, 0.3) is 22.0 Å². The highest BCUT2D eigenvalue weighted by atomic mass is 32.2. The molecular weight excluding hydrogens is 384 g/mol. The Morgan fingerprint density at radius 3 is 2.17 bits per heavy atom. The van der Waals surface area contributed by atoms with Gasteiger partial charge in [0, 0.05) is 16.5 Å². The zero-order valence-corrected chi connectivity index (χ0v) is 16.9. The fourth-order valence-electron chi connectivity index (χ4n) is 3.32. The summed E-state index contributed by atoms with van der Waals surface area (Å²) in [6.45, 7) is 3.84. The lowest BCUT2D eigenvalue weighted by Crippen LogP contribution is -2.21. The Morgan fingerprint density at radius 2 is 1.48 bits per heavy atom. The molecule has 4 aromatic rings. The molecular formula is C23H20N2O3S. The van der Waals surface area contributed by atoms with Crippen LogP contribution < -0.4 is 10.3 Å². The van der Waals surface area contributed by atoms with E-state index in [1.54, 1.807) is 12.1 Å². The first-order valence-corrected chi connectivity index (χ1v) is 10.6. The van der Waals surface area contributed by atoms with Gasteiger partial charge in [0.05, 0.1) is 4.90 Å². The lowest BCUT2D eigenvalue weighted by molar-refractivity contribution is 0.601. The van der Waals surface area contributed by atoms with E-state index in [-0.39, 0.29) is 10.6 Å². The van der Waals surface area contributed by atoms with Gasteiger partial charge >= 0.3 is 0 Å². The van der Waals surface area contributed by atoms with E-state index < -0.39 is 15.6 Å². The van der Waals surface area contributed by atoms with Crippen LogP contribution in [0.2, 0.25) is 0 Å². The van der Waals surface area contributed by atoms with Crippen LogP contribution >= 0.6 is 0 Å². The van der Waals surface area contributed by atoms with E-state index in [1.807, 2.05) is 62.4 Å². The second-order valence-corrected chi connectivity index (χ2v) is 8.72. The van der Waals surface area contributed by atoms with Crippen molar-refractivity contribution in [2.45, 2.75) is 18.7 Å². The molecule has 4 rings (SSSR count). The van der Waals surface area contributed by atoms with Crippen LogP contribution in [0.5, 0.6) is 0 Å². The SMILES string of the molecule is Cc1ccc(S(=O)(=O)Nc2c(-c3ccccc3)c3cc(C)ccc3[nH]c2=O)cc1. The molecule has 0 amide bonds. The number of aryl methyl sites for hydroxylation is 2. The molecule has 0 spiro atoms. The first-order valence-electron chi connectivity index (χ1n) is 9.17. The summed E-state index contributed by atoms with van der Waals surface area (Å²) in [7, 11) is -3.93. The van der Waals surface area contributed by atoms with Gasteiger partial charge in [-0.15, -0.1) is 0 Å².